The van der Waals surface area contributed by atoms with Gasteiger partial charge in [-0.3, -0.25) is 4.72 Å². The summed E-state index contributed by atoms with van der Waals surface area (Å²) in [6, 6.07) is 22.4. The van der Waals surface area contributed by atoms with Crippen molar-refractivity contribution >= 4 is 44.1 Å². The largest absolute Gasteiger partial charge is 0.399 e. The van der Waals surface area contributed by atoms with E-state index in [-0.39, 0.29) is 10.7 Å². The van der Waals surface area contributed by atoms with Crippen molar-refractivity contribution in [3.05, 3.63) is 78.9 Å². The van der Waals surface area contributed by atoms with Crippen LogP contribution in [0.15, 0.2) is 83.8 Å². The average Bonchev–Trinajstić information content (AvgIpc) is 2.70. The first kappa shape index (κ1) is 17.7. The Kier molecular flexibility index (Phi) is 4.54. The summed E-state index contributed by atoms with van der Waals surface area (Å²) >= 11 is 0. The molecule has 1 heterocycles. The Morgan fingerprint density at radius 3 is 1.93 bits per heavy atom. The van der Waals surface area contributed by atoms with Crippen LogP contribution in [0.5, 0.6) is 0 Å². The zero-order chi connectivity index (χ0) is 19.6. The van der Waals surface area contributed by atoms with Crippen LogP contribution >= 0.6 is 0 Å². The summed E-state index contributed by atoms with van der Waals surface area (Å²) in [5.41, 5.74) is 8.28. The number of anilines is 4. The number of rotatable bonds is 5. The summed E-state index contributed by atoms with van der Waals surface area (Å²) in [7, 11) is -3.82. The van der Waals surface area contributed by atoms with Gasteiger partial charge in [0, 0.05) is 11.4 Å². The Balaban J connectivity index is 1.78. The molecule has 8 heteroatoms. The average molecular weight is 391 g/mol. The molecule has 0 aliphatic heterocycles. The van der Waals surface area contributed by atoms with Crippen molar-refractivity contribution in [2.24, 2.45) is 0 Å². The Hall–Kier alpha value is -3.65. The Morgan fingerprint density at radius 1 is 0.714 bits per heavy atom. The zero-order valence-corrected chi connectivity index (χ0v) is 15.5. The minimum Gasteiger partial charge on any atom is -0.399 e. The van der Waals surface area contributed by atoms with E-state index in [1.807, 2.05) is 18.2 Å². The van der Waals surface area contributed by atoms with Gasteiger partial charge >= 0.3 is 0 Å². The molecule has 4 N–H and O–H groups in total. The van der Waals surface area contributed by atoms with Crippen molar-refractivity contribution in [3.63, 3.8) is 0 Å². The van der Waals surface area contributed by atoms with E-state index >= 15 is 0 Å². The molecule has 0 saturated carbocycles. The highest BCUT2D eigenvalue weighted by Crippen LogP contribution is 2.27. The van der Waals surface area contributed by atoms with Gasteiger partial charge < -0.3 is 11.1 Å². The van der Waals surface area contributed by atoms with Crippen LogP contribution in [0.1, 0.15) is 0 Å². The number of nitrogen functional groups attached to an aromatic ring is 1. The summed E-state index contributed by atoms with van der Waals surface area (Å²) in [6.45, 7) is 0. The first-order valence-corrected chi connectivity index (χ1v) is 9.97. The maximum Gasteiger partial charge on any atom is 0.263 e. The van der Waals surface area contributed by atoms with E-state index < -0.39 is 10.0 Å². The van der Waals surface area contributed by atoms with Crippen LogP contribution in [0.4, 0.5) is 23.0 Å². The molecule has 0 saturated heterocycles. The van der Waals surface area contributed by atoms with Crippen molar-refractivity contribution in [3.8, 4) is 0 Å². The number of hydrogen-bond acceptors (Lipinski definition) is 6. The van der Waals surface area contributed by atoms with E-state index in [2.05, 4.69) is 20.0 Å². The second kappa shape index (κ2) is 7.16. The van der Waals surface area contributed by atoms with E-state index in [0.717, 1.165) is 0 Å². The van der Waals surface area contributed by atoms with E-state index in [1.54, 1.807) is 48.5 Å². The number of hydrogen-bond donors (Lipinski definition) is 3. The molecule has 28 heavy (non-hydrogen) atoms. The van der Waals surface area contributed by atoms with E-state index in [4.69, 9.17) is 5.73 Å². The van der Waals surface area contributed by atoms with Crippen molar-refractivity contribution in [1.82, 2.24) is 9.97 Å². The molecule has 4 aromatic rings. The van der Waals surface area contributed by atoms with Gasteiger partial charge in [0.2, 0.25) is 0 Å². The molecule has 0 aliphatic rings. The van der Waals surface area contributed by atoms with Crippen LogP contribution in [-0.2, 0) is 10.0 Å². The number of sulfonamides is 1. The lowest BCUT2D eigenvalue weighted by molar-refractivity contribution is 0.601. The monoisotopic (exact) mass is 391 g/mol. The van der Waals surface area contributed by atoms with Crippen molar-refractivity contribution in [1.29, 1.82) is 0 Å². The molecule has 7 nitrogen and oxygen atoms in total. The van der Waals surface area contributed by atoms with Crippen LogP contribution in [0, 0.1) is 0 Å². The highest BCUT2D eigenvalue weighted by molar-refractivity contribution is 7.92. The molecule has 140 valence electrons. The molecular weight excluding hydrogens is 374 g/mol. The zero-order valence-electron chi connectivity index (χ0n) is 14.7. The number of benzene rings is 3. The molecule has 0 radical (unpaired) electrons. The van der Waals surface area contributed by atoms with Gasteiger partial charge in [-0.1, -0.05) is 30.3 Å². The highest BCUT2D eigenvalue weighted by Gasteiger charge is 2.18. The van der Waals surface area contributed by atoms with Crippen molar-refractivity contribution in [2.75, 3.05) is 15.8 Å². The first-order valence-electron chi connectivity index (χ1n) is 8.48. The lowest BCUT2D eigenvalue weighted by Gasteiger charge is -2.14. The van der Waals surface area contributed by atoms with Gasteiger partial charge in [-0.15, -0.1) is 0 Å². The number of nitrogens with zero attached hydrogens (tertiary/aromatic N) is 2. The Morgan fingerprint density at radius 2 is 1.29 bits per heavy atom. The third-order valence-electron chi connectivity index (χ3n) is 4.03. The molecular formula is C20H17N5O2S. The van der Waals surface area contributed by atoms with Gasteiger partial charge in [0.15, 0.2) is 11.6 Å². The van der Waals surface area contributed by atoms with Crippen LogP contribution in [0.25, 0.3) is 11.0 Å². The number of aromatic nitrogens is 2. The van der Waals surface area contributed by atoms with Gasteiger partial charge in [-0.2, -0.15) is 0 Å². The fraction of sp³-hybridized carbons (Fsp3) is 0. The molecule has 0 bridgehead atoms. The van der Waals surface area contributed by atoms with E-state index in [0.29, 0.717) is 28.2 Å². The molecule has 1 aromatic heterocycles. The minimum absolute atomic E-state index is 0.111. The third kappa shape index (κ3) is 3.72. The number of fused-ring (bicyclic) bond motifs is 1. The summed E-state index contributed by atoms with van der Waals surface area (Å²) < 4.78 is 28.1. The second-order valence-electron chi connectivity index (χ2n) is 6.08. The summed E-state index contributed by atoms with van der Waals surface area (Å²) in [5, 5.41) is 3.11. The lowest BCUT2D eigenvalue weighted by atomic mass is 10.3. The minimum atomic E-state index is -3.82. The van der Waals surface area contributed by atoms with Crippen LogP contribution < -0.4 is 15.8 Å². The first-order chi connectivity index (χ1) is 13.5. The fourth-order valence-corrected chi connectivity index (χ4v) is 3.68. The van der Waals surface area contributed by atoms with Gasteiger partial charge in [0.1, 0.15) is 0 Å². The van der Waals surface area contributed by atoms with Gasteiger partial charge in [-0.05, 0) is 48.5 Å². The Labute approximate surface area is 162 Å². The topological polar surface area (TPSA) is 110 Å². The normalized spacial score (nSPS) is 11.3. The molecule has 0 aliphatic carbocycles. The predicted octanol–water partition coefficient (Wildman–Crippen LogP) is 3.76. The quantitative estimate of drug-likeness (QED) is 0.447. The number of nitrogens with one attached hydrogen (secondary N) is 2. The molecule has 0 atom stereocenters. The van der Waals surface area contributed by atoms with Gasteiger partial charge in [-0.25, -0.2) is 18.4 Å². The van der Waals surface area contributed by atoms with E-state index in [1.165, 1.54) is 12.1 Å². The highest BCUT2D eigenvalue weighted by atomic mass is 32.2. The summed E-state index contributed by atoms with van der Waals surface area (Å²) in [4.78, 5) is 9.14. The standard InChI is InChI=1S/C20H17N5O2S/c21-14-10-12-15(13-11-14)22-19-20(24-18-9-5-4-8-17(18)23-19)25-28(26,27)16-6-2-1-3-7-16/h1-13H,21H2,(H,22,23)(H,24,25). The Bertz CT molecular complexity index is 1230. The molecule has 0 fully saturated rings. The lowest BCUT2D eigenvalue weighted by Crippen LogP contribution is -2.16. The summed E-state index contributed by atoms with van der Waals surface area (Å²) in [6.07, 6.45) is 0. The smallest absolute Gasteiger partial charge is 0.263 e. The molecule has 3 aromatic carbocycles. The SMILES string of the molecule is Nc1ccc(Nc2nc3ccccc3nc2NS(=O)(=O)c2ccccc2)cc1. The maximum absolute atomic E-state index is 12.8. The maximum atomic E-state index is 12.8. The number of nitrogens with two attached hydrogens (primary N) is 1. The van der Waals surface area contributed by atoms with E-state index in [9.17, 15) is 8.42 Å². The third-order valence-corrected chi connectivity index (χ3v) is 5.38. The molecule has 4 rings (SSSR count). The van der Waals surface area contributed by atoms with Crippen molar-refractivity contribution < 1.29 is 8.42 Å². The van der Waals surface area contributed by atoms with Crippen molar-refractivity contribution in [2.45, 2.75) is 4.90 Å². The molecule has 0 amide bonds. The molecule has 0 spiro atoms. The number of para-hydroxylation sites is 2. The van der Waals surface area contributed by atoms with Gasteiger partial charge in [0.05, 0.1) is 15.9 Å². The fourth-order valence-electron chi connectivity index (χ4n) is 2.65. The second-order valence-corrected chi connectivity index (χ2v) is 7.76. The van der Waals surface area contributed by atoms with Crippen LogP contribution in [0.3, 0.4) is 0 Å². The van der Waals surface area contributed by atoms with Gasteiger partial charge in [0.25, 0.3) is 10.0 Å². The molecule has 0 unspecified atom stereocenters. The van der Waals surface area contributed by atoms with Crippen LogP contribution in [0.2, 0.25) is 0 Å². The predicted molar refractivity (Wildman–Crippen MR) is 111 cm³/mol. The summed E-state index contributed by atoms with van der Waals surface area (Å²) in [5.74, 6) is 0.405. The van der Waals surface area contributed by atoms with Crippen LogP contribution in [-0.4, -0.2) is 18.4 Å².